The number of rotatable bonds is 9. The van der Waals surface area contributed by atoms with Crippen LogP contribution < -0.4 is 0 Å². The quantitative estimate of drug-likeness (QED) is 0.419. The van der Waals surface area contributed by atoms with Crippen molar-refractivity contribution in [3.8, 4) is 0 Å². The van der Waals surface area contributed by atoms with Gasteiger partial charge in [-0.3, -0.25) is 0 Å². The topological polar surface area (TPSA) is 66.4 Å². The fourth-order valence-corrected chi connectivity index (χ4v) is 4.98. The van der Waals surface area contributed by atoms with Gasteiger partial charge in [-0.1, -0.05) is 57.2 Å². The molecule has 32 heavy (non-hydrogen) atoms. The molecule has 1 N–H and O–H groups in total. The molecule has 1 aromatic rings. The summed E-state index contributed by atoms with van der Waals surface area (Å²) >= 11 is 0. The predicted octanol–water partition coefficient (Wildman–Crippen LogP) is 4.78. The van der Waals surface area contributed by atoms with Crippen LogP contribution in [0.15, 0.2) is 43.0 Å². The second kappa shape index (κ2) is 9.29. The molecule has 0 bridgehead atoms. The van der Waals surface area contributed by atoms with Crippen molar-refractivity contribution in [2.24, 2.45) is 0 Å². The molecule has 0 amide bonds. The highest BCUT2D eigenvalue weighted by Gasteiger charge is 2.65. The second-order valence-corrected chi connectivity index (χ2v) is 15.7. The Bertz CT molecular complexity index is 774. The van der Waals surface area contributed by atoms with Gasteiger partial charge >= 0.3 is 0 Å². The van der Waals surface area contributed by atoms with Crippen LogP contribution >= 0.6 is 0 Å². The first kappa shape index (κ1) is 25.6. The lowest BCUT2D eigenvalue weighted by Crippen LogP contribution is -2.59. The van der Waals surface area contributed by atoms with Crippen molar-refractivity contribution in [2.45, 2.75) is 102 Å². The van der Waals surface area contributed by atoms with Gasteiger partial charge in [-0.25, -0.2) is 0 Å². The minimum atomic E-state index is -2.12. The number of fused-ring (bicyclic) bond motifs is 1. The summed E-state index contributed by atoms with van der Waals surface area (Å²) in [4.78, 5) is 0. The van der Waals surface area contributed by atoms with E-state index < -0.39 is 44.3 Å². The van der Waals surface area contributed by atoms with Crippen molar-refractivity contribution in [3.05, 3.63) is 48.6 Å². The molecule has 2 saturated heterocycles. The van der Waals surface area contributed by atoms with E-state index in [0.717, 1.165) is 5.56 Å². The Kier molecular flexibility index (Phi) is 7.42. The number of benzene rings is 1. The van der Waals surface area contributed by atoms with Gasteiger partial charge in [0.25, 0.3) is 0 Å². The van der Waals surface area contributed by atoms with Crippen molar-refractivity contribution in [1.82, 2.24) is 0 Å². The number of ether oxygens (including phenoxy) is 4. The number of hydrogen-bond acceptors (Lipinski definition) is 6. The smallest absolute Gasteiger partial charge is 0.192 e. The van der Waals surface area contributed by atoms with E-state index in [1.165, 1.54) is 0 Å². The van der Waals surface area contributed by atoms with Crippen LogP contribution in [0.4, 0.5) is 0 Å². The molecule has 1 aromatic carbocycles. The second-order valence-electron chi connectivity index (χ2n) is 10.8. The van der Waals surface area contributed by atoms with Gasteiger partial charge in [0.2, 0.25) is 0 Å². The summed E-state index contributed by atoms with van der Waals surface area (Å²) < 4.78 is 31.7. The van der Waals surface area contributed by atoms with Gasteiger partial charge in [0.15, 0.2) is 20.4 Å². The maximum atomic E-state index is 11.3. The third-order valence-electron chi connectivity index (χ3n) is 6.89. The molecule has 1 unspecified atom stereocenters. The fraction of sp³-hybridized carbons (Fsp3) is 0.680. The van der Waals surface area contributed by atoms with E-state index in [1.807, 2.05) is 44.2 Å². The molecule has 5 atom stereocenters. The number of aliphatic hydroxyl groups excluding tert-OH is 1. The van der Waals surface area contributed by atoms with Crippen molar-refractivity contribution in [2.75, 3.05) is 6.61 Å². The highest BCUT2D eigenvalue weighted by molar-refractivity contribution is 6.74. The summed E-state index contributed by atoms with van der Waals surface area (Å²) in [6, 6.07) is 9.95. The first-order valence-electron chi connectivity index (χ1n) is 11.4. The average molecular weight is 465 g/mol. The molecule has 6 nitrogen and oxygen atoms in total. The van der Waals surface area contributed by atoms with Crippen molar-refractivity contribution < 1.29 is 28.5 Å². The largest absolute Gasteiger partial charge is 0.414 e. The molecule has 2 aliphatic heterocycles. The van der Waals surface area contributed by atoms with Crippen LogP contribution in [-0.4, -0.2) is 56.0 Å². The molecule has 0 saturated carbocycles. The van der Waals surface area contributed by atoms with Gasteiger partial charge in [-0.05, 0) is 44.0 Å². The van der Waals surface area contributed by atoms with Crippen LogP contribution in [0.5, 0.6) is 0 Å². The van der Waals surface area contributed by atoms with Crippen LogP contribution in [0, 0.1) is 0 Å². The maximum absolute atomic E-state index is 11.3. The van der Waals surface area contributed by atoms with Crippen LogP contribution in [-0.2, 0) is 30.0 Å². The van der Waals surface area contributed by atoms with E-state index >= 15 is 0 Å². The van der Waals surface area contributed by atoms with Crippen molar-refractivity contribution in [1.29, 1.82) is 0 Å². The zero-order valence-corrected chi connectivity index (χ0v) is 21.6. The molecular weight excluding hydrogens is 424 g/mol. The molecule has 3 rings (SSSR count). The molecule has 7 heteroatoms. The molecule has 2 fully saturated rings. The van der Waals surface area contributed by atoms with E-state index in [-0.39, 0.29) is 11.6 Å². The maximum Gasteiger partial charge on any atom is 0.192 e. The third kappa shape index (κ3) is 5.19. The average Bonchev–Trinajstić information content (AvgIpc) is 3.14. The third-order valence-corrected chi connectivity index (χ3v) is 11.4. The lowest BCUT2D eigenvalue weighted by atomic mass is 9.88. The summed E-state index contributed by atoms with van der Waals surface area (Å²) in [6.45, 7) is 19.0. The molecule has 0 radical (unpaired) electrons. The summed E-state index contributed by atoms with van der Waals surface area (Å²) in [5.74, 6) is -0.792. The van der Waals surface area contributed by atoms with Crippen molar-refractivity contribution in [3.63, 3.8) is 0 Å². The minimum Gasteiger partial charge on any atom is -0.414 e. The van der Waals surface area contributed by atoms with E-state index in [2.05, 4.69) is 40.4 Å². The standard InChI is InChI=1S/C25H40O6Si/c1-9-13-19(26)25(17-28-32(7,8)23(2,3)4)21(27-16-18-14-11-10-12-15-18)20-22(31-25)30-24(5,6)29-20/h9-12,14-15,19-22,26H,1,13,16-17H2,2-8H3/t19-,20+,21+,22-,25?/m0/s1. The lowest BCUT2D eigenvalue weighted by molar-refractivity contribution is -0.270. The van der Waals surface area contributed by atoms with E-state index in [1.54, 1.807) is 6.08 Å². The highest BCUT2D eigenvalue weighted by atomic mass is 28.4. The Hall–Kier alpha value is -1.06. The summed E-state index contributed by atoms with van der Waals surface area (Å²) in [7, 11) is -2.12. The van der Waals surface area contributed by atoms with Gasteiger partial charge in [-0.15, -0.1) is 6.58 Å². The molecular formula is C25H40O6Si. The Labute approximate surface area is 194 Å². The normalized spacial score (nSPS) is 30.8. The monoisotopic (exact) mass is 464 g/mol. The fourth-order valence-electron chi connectivity index (χ4n) is 3.96. The first-order valence-corrected chi connectivity index (χ1v) is 14.3. The van der Waals surface area contributed by atoms with Gasteiger partial charge in [0, 0.05) is 0 Å². The lowest BCUT2D eigenvalue weighted by Gasteiger charge is -2.44. The molecule has 2 heterocycles. The van der Waals surface area contributed by atoms with E-state index in [9.17, 15) is 5.11 Å². The van der Waals surface area contributed by atoms with Gasteiger partial charge in [0.1, 0.15) is 17.8 Å². The molecule has 0 aromatic heterocycles. The summed E-state index contributed by atoms with van der Waals surface area (Å²) in [6.07, 6.45) is -0.546. The predicted molar refractivity (Wildman–Crippen MR) is 127 cm³/mol. The molecule has 2 aliphatic rings. The highest BCUT2D eigenvalue weighted by Crippen LogP contribution is 2.47. The molecule has 180 valence electrons. The van der Waals surface area contributed by atoms with E-state index in [4.69, 9.17) is 23.4 Å². The molecule has 0 spiro atoms. The Balaban J connectivity index is 1.93. The van der Waals surface area contributed by atoms with Crippen LogP contribution in [0.25, 0.3) is 0 Å². The molecule has 0 aliphatic carbocycles. The van der Waals surface area contributed by atoms with Gasteiger partial charge in [0.05, 0.1) is 19.3 Å². The first-order chi connectivity index (χ1) is 14.8. The Morgan fingerprint density at radius 2 is 1.81 bits per heavy atom. The summed E-state index contributed by atoms with van der Waals surface area (Å²) in [5, 5.41) is 11.3. The SMILES string of the molecule is C=CC[C@H](O)C1(CO[Si](C)(C)C(C)(C)C)O[C@@H]2OC(C)(C)O[C@@H]2[C@H]1OCc1ccccc1. The Morgan fingerprint density at radius 1 is 1.16 bits per heavy atom. The van der Waals surface area contributed by atoms with E-state index in [0.29, 0.717) is 13.0 Å². The number of aliphatic hydroxyl groups is 1. The van der Waals surface area contributed by atoms with Crippen LogP contribution in [0.3, 0.4) is 0 Å². The zero-order valence-electron chi connectivity index (χ0n) is 20.6. The zero-order chi connectivity index (χ0) is 23.8. The van der Waals surface area contributed by atoms with Gasteiger partial charge < -0.3 is 28.5 Å². The van der Waals surface area contributed by atoms with Crippen LogP contribution in [0.2, 0.25) is 18.1 Å². The van der Waals surface area contributed by atoms with Gasteiger partial charge in [-0.2, -0.15) is 0 Å². The number of hydrogen-bond donors (Lipinski definition) is 1. The summed E-state index contributed by atoms with van der Waals surface area (Å²) in [5.41, 5.74) is -0.101. The van der Waals surface area contributed by atoms with Crippen LogP contribution in [0.1, 0.15) is 46.6 Å². The van der Waals surface area contributed by atoms with Crippen molar-refractivity contribution >= 4 is 8.32 Å². The Morgan fingerprint density at radius 3 is 2.41 bits per heavy atom. The minimum absolute atomic E-state index is 0.0153.